The van der Waals surface area contributed by atoms with Gasteiger partial charge in [0.15, 0.2) is 0 Å². The topological polar surface area (TPSA) is 116 Å². The van der Waals surface area contributed by atoms with Crippen LogP contribution in [0.25, 0.3) is 0 Å². The van der Waals surface area contributed by atoms with Crippen LogP contribution in [0.4, 0.5) is 4.79 Å². The Morgan fingerprint density at radius 1 is 1.19 bits per heavy atom. The van der Waals surface area contributed by atoms with Crippen molar-refractivity contribution in [3.8, 4) is 0 Å². The molecule has 0 bridgehead atoms. The summed E-state index contributed by atoms with van der Waals surface area (Å²) in [4.78, 5) is 8.56. The molecule has 1 aliphatic heterocycles. The van der Waals surface area contributed by atoms with Crippen LogP contribution in [-0.4, -0.2) is 54.3 Å². The number of ether oxygens (including phenoxy) is 1. The smallest absolute Gasteiger partial charge is 0.450 e. The Bertz CT molecular complexity index is 1020. The summed E-state index contributed by atoms with van der Waals surface area (Å²) in [6.07, 6.45) is -1.24. The van der Waals surface area contributed by atoms with Gasteiger partial charge in [-0.1, -0.05) is 61.0 Å². The lowest BCUT2D eigenvalue weighted by Gasteiger charge is -2.17. The molecule has 1 saturated heterocycles. The van der Waals surface area contributed by atoms with Crippen LogP contribution in [0.2, 0.25) is 5.02 Å². The van der Waals surface area contributed by atoms with Crippen LogP contribution in [0.15, 0.2) is 54.6 Å². The van der Waals surface area contributed by atoms with Crippen molar-refractivity contribution in [2.45, 2.75) is 38.0 Å². The monoisotopic (exact) mass is 482 g/mol. The zero-order valence-corrected chi connectivity index (χ0v) is 19.2. The van der Waals surface area contributed by atoms with E-state index in [1.54, 1.807) is 0 Å². The zero-order chi connectivity index (χ0) is 23.3. The second-order valence-electron chi connectivity index (χ2n) is 7.94. The molecule has 0 aromatic heterocycles. The van der Waals surface area contributed by atoms with Gasteiger partial charge in [-0.15, -0.1) is 0 Å². The maximum Gasteiger partial charge on any atom is 0.503 e. The van der Waals surface area contributed by atoms with Crippen molar-refractivity contribution in [2.24, 2.45) is 5.92 Å². The summed E-state index contributed by atoms with van der Waals surface area (Å²) in [6.45, 7) is 3.38. The van der Waals surface area contributed by atoms with E-state index in [0.717, 1.165) is 5.56 Å². The number of nitrogens with one attached hydrogen (secondary N) is 1. The molecule has 2 aromatic rings. The number of rotatable bonds is 7. The molecule has 1 heterocycles. The van der Waals surface area contributed by atoms with Crippen molar-refractivity contribution in [3.63, 3.8) is 0 Å². The first-order valence-electron chi connectivity index (χ1n) is 10.3. The number of carbonyl (C=O) groups is 1. The average molecular weight is 483 g/mol. The van der Waals surface area contributed by atoms with Crippen molar-refractivity contribution in [2.75, 3.05) is 13.1 Å². The SMILES string of the molecule is C[C@H]1[C@H](NS(=O)(=O)N2CCC(OCc3cccc(Cl)c3)C2)[C@H]1c1ccccc1.O=C(O)O. The third-order valence-electron chi connectivity index (χ3n) is 5.67. The Labute approximate surface area is 193 Å². The molecular formula is C22H27ClN2O6S. The molecule has 0 amide bonds. The molecule has 10 heteroatoms. The molecule has 4 atom stereocenters. The number of nitrogens with zero attached hydrogens (tertiary/aromatic N) is 1. The van der Waals surface area contributed by atoms with Gasteiger partial charge in [0, 0.05) is 30.1 Å². The van der Waals surface area contributed by atoms with Gasteiger partial charge in [0.2, 0.25) is 0 Å². The van der Waals surface area contributed by atoms with Crippen LogP contribution in [0.3, 0.4) is 0 Å². The Hall–Kier alpha value is -2.17. The van der Waals surface area contributed by atoms with E-state index in [-0.39, 0.29) is 18.1 Å². The highest BCUT2D eigenvalue weighted by Gasteiger charge is 2.50. The molecule has 0 spiro atoms. The van der Waals surface area contributed by atoms with E-state index < -0.39 is 16.4 Å². The molecular weight excluding hydrogens is 456 g/mol. The molecule has 3 N–H and O–H groups in total. The van der Waals surface area contributed by atoms with Gasteiger partial charge in [-0.05, 0) is 35.6 Å². The molecule has 174 valence electrons. The van der Waals surface area contributed by atoms with Gasteiger partial charge in [0.25, 0.3) is 10.2 Å². The van der Waals surface area contributed by atoms with Crippen molar-refractivity contribution in [3.05, 3.63) is 70.7 Å². The predicted molar refractivity (Wildman–Crippen MR) is 121 cm³/mol. The largest absolute Gasteiger partial charge is 0.503 e. The minimum atomic E-state index is -3.51. The predicted octanol–water partition coefficient (Wildman–Crippen LogP) is 3.79. The molecule has 4 rings (SSSR count). The average Bonchev–Trinajstić information content (AvgIpc) is 3.13. The molecule has 8 nitrogen and oxygen atoms in total. The van der Waals surface area contributed by atoms with E-state index in [1.165, 1.54) is 9.87 Å². The van der Waals surface area contributed by atoms with E-state index in [9.17, 15) is 8.42 Å². The summed E-state index contributed by atoms with van der Waals surface area (Å²) in [5, 5.41) is 14.6. The number of carboxylic acid groups (broad SMARTS) is 2. The molecule has 2 fully saturated rings. The number of halogens is 1. The molecule has 0 radical (unpaired) electrons. The molecule has 1 aliphatic carbocycles. The van der Waals surface area contributed by atoms with Crippen LogP contribution in [-0.2, 0) is 21.6 Å². The zero-order valence-electron chi connectivity index (χ0n) is 17.6. The van der Waals surface area contributed by atoms with Gasteiger partial charge >= 0.3 is 6.16 Å². The first kappa shape index (κ1) is 24.5. The van der Waals surface area contributed by atoms with Crippen LogP contribution >= 0.6 is 11.6 Å². The summed E-state index contributed by atoms with van der Waals surface area (Å²) in [6, 6.07) is 17.6. The Balaban J connectivity index is 0.000000668. The Morgan fingerprint density at radius 3 is 2.53 bits per heavy atom. The van der Waals surface area contributed by atoms with Crippen LogP contribution in [0.1, 0.15) is 30.4 Å². The Kier molecular flexibility index (Phi) is 8.13. The third kappa shape index (κ3) is 6.66. The van der Waals surface area contributed by atoms with Gasteiger partial charge in [-0.25, -0.2) is 4.79 Å². The number of hydrogen-bond acceptors (Lipinski definition) is 4. The minimum Gasteiger partial charge on any atom is -0.450 e. The fourth-order valence-electron chi connectivity index (χ4n) is 3.97. The first-order chi connectivity index (χ1) is 15.2. The number of benzene rings is 2. The van der Waals surface area contributed by atoms with E-state index >= 15 is 0 Å². The molecule has 1 saturated carbocycles. The minimum absolute atomic E-state index is 0.0428. The first-order valence-corrected chi connectivity index (χ1v) is 12.1. The number of hydrogen-bond donors (Lipinski definition) is 3. The molecule has 2 aromatic carbocycles. The molecule has 1 unspecified atom stereocenters. The van der Waals surface area contributed by atoms with E-state index in [4.69, 9.17) is 31.3 Å². The second-order valence-corrected chi connectivity index (χ2v) is 10.1. The third-order valence-corrected chi connectivity index (χ3v) is 7.49. The van der Waals surface area contributed by atoms with Crippen LogP contribution < -0.4 is 4.72 Å². The van der Waals surface area contributed by atoms with Gasteiger partial charge < -0.3 is 14.9 Å². The fourth-order valence-corrected chi connectivity index (χ4v) is 5.74. The van der Waals surface area contributed by atoms with Gasteiger partial charge in [0.05, 0.1) is 12.7 Å². The highest BCUT2D eigenvalue weighted by molar-refractivity contribution is 7.87. The summed E-state index contributed by atoms with van der Waals surface area (Å²) in [5.74, 6) is 0.545. The quantitative estimate of drug-likeness (QED) is 0.553. The van der Waals surface area contributed by atoms with E-state index in [2.05, 4.69) is 23.8 Å². The standard InChI is InChI=1S/C21H25ClN2O3S.CH2O3/c1-15-20(17-7-3-2-4-8-17)21(15)23-28(25,26)24-11-10-19(13-24)27-14-16-6-5-9-18(22)12-16;2-1(3)4/h2-9,12,15,19-21,23H,10-11,13-14H2,1H3;(H2,2,3,4)/t15-,19?,20-,21+;/m1./s1. The lowest BCUT2D eigenvalue weighted by molar-refractivity contribution is 0.0508. The van der Waals surface area contributed by atoms with E-state index in [1.807, 2.05) is 42.5 Å². The van der Waals surface area contributed by atoms with Crippen molar-refractivity contribution in [1.29, 1.82) is 0 Å². The van der Waals surface area contributed by atoms with Crippen molar-refractivity contribution in [1.82, 2.24) is 9.03 Å². The normalized spacial score (nSPS) is 25.1. The lowest BCUT2D eigenvalue weighted by atomic mass is 10.1. The summed E-state index contributed by atoms with van der Waals surface area (Å²) >= 11 is 5.99. The lowest BCUT2D eigenvalue weighted by Crippen LogP contribution is -2.41. The summed E-state index contributed by atoms with van der Waals surface area (Å²) in [7, 11) is -3.51. The van der Waals surface area contributed by atoms with E-state index in [0.29, 0.717) is 37.1 Å². The summed E-state index contributed by atoms with van der Waals surface area (Å²) < 4.78 is 35.9. The van der Waals surface area contributed by atoms with Gasteiger partial charge in [-0.2, -0.15) is 17.4 Å². The van der Waals surface area contributed by atoms with Crippen LogP contribution in [0, 0.1) is 5.92 Å². The highest BCUT2D eigenvalue weighted by atomic mass is 35.5. The maximum atomic E-state index is 12.8. The summed E-state index contributed by atoms with van der Waals surface area (Å²) in [5.41, 5.74) is 2.18. The molecule has 2 aliphatic rings. The fraction of sp³-hybridized carbons (Fsp3) is 0.409. The highest BCUT2D eigenvalue weighted by Crippen LogP contribution is 2.47. The van der Waals surface area contributed by atoms with Gasteiger partial charge in [0.1, 0.15) is 0 Å². The van der Waals surface area contributed by atoms with Crippen LogP contribution in [0.5, 0.6) is 0 Å². The molecule has 32 heavy (non-hydrogen) atoms. The van der Waals surface area contributed by atoms with Gasteiger partial charge in [-0.3, -0.25) is 0 Å². The van der Waals surface area contributed by atoms with Crippen molar-refractivity contribution < 1.29 is 28.2 Å². The van der Waals surface area contributed by atoms with Crippen molar-refractivity contribution >= 4 is 28.0 Å². The second kappa shape index (κ2) is 10.6. The maximum absolute atomic E-state index is 12.8. The Morgan fingerprint density at radius 2 is 1.88 bits per heavy atom.